The maximum atomic E-state index is 9.78. The van der Waals surface area contributed by atoms with Crippen LogP contribution < -0.4 is 4.74 Å². The Bertz CT molecular complexity index is 521. The molecule has 2 unspecified atom stereocenters. The Kier molecular flexibility index (Phi) is 2.69. The van der Waals surface area contributed by atoms with Crippen LogP contribution in [0.25, 0.3) is 10.9 Å². The number of fused-ring (bicyclic) bond motifs is 1. The molecule has 1 fully saturated rings. The van der Waals surface area contributed by atoms with Gasteiger partial charge in [-0.1, -0.05) is 6.07 Å². The van der Waals surface area contributed by atoms with Gasteiger partial charge in [-0.15, -0.1) is 0 Å². The van der Waals surface area contributed by atoms with Gasteiger partial charge in [0.2, 0.25) is 0 Å². The molecule has 1 aliphatic rings. The fraction of sp³-hybridized carbons (Fsp3) is 0.357. The molecule has 1 N–H and O–H groups in total. The van der Waals surface area contributed by atoms with E-state index < -0.39 is 0 Å². The summed E-state index contributed by atoms with van der Waals surface area (Å²) < 4.78 is 5.91. The number of hydrogen-bond donors (Lipinski definition) is 1. The van der Waals surface area contributed by atoms with Gasteiger partial charge < -0.3 is 9.84 Å². The fourth-order valence-electron chi connectivity index (χ4n) is 2.38. The first-order chi connectivity index (χ1) is 8.34. The monoisotopic (exact) mass is 229 g/mol. The standard InChI is InChI=1S/C14H15NO2/c16-12-6-2-8-14(12)17-13-7-1-5-11-10(13)4-3-9-15-11/h1,3-5,7,9,12,14,16H,2,6,8H2. The van der Waals surface area contributed by atoms with Gasteiger partial charge in [-0.05, 0) is 43.5 Å². The number of aliphatic hydroxyl groups excluding tert-OH is 1. The topological polar surface area (TPSA) is 42.4 Å². The SMILES string of the molecule is OC1CCCC1Oc1cccc2ncccc12. The maximum absolute atomic E-state index is 9.78. The van der Waals surface area contributed by atoms with Crippen LogP contribution >= 0.6 is 0 Å². The first kappa shape index (κ1) is 10.5. The zero-order chi connectivity index (χ0) is 11.7. The highest BCUT2D eigenvalue weighted by molar-refractivity contribution is 5.84. The van der Waals surface area contributed by atoms with Crippen molar-refractivity contribution >= 4 is 10.9 Å². The molecule has 2 aromatic rings. The van der Waals surface area contributed by atoms with Gasteiger partial charge in [0.25, 0.3) is 0 Å². The molecule has 2 atom stereocenters. The van der Waals surface area contributed by atoms with Crippen LogP contribution in [0, 0.1) is 0 Å². The van der Waals surface area contributed by atoms with Crippen molar-refractivity contribution in [1.29, 1.82) is 0 Å². The number of pyridine rings is 1. The van der Waals surface area contributed by atoms with Crippen LogP contribution in [0.4, 0.5) is 0 Å². The average molecular weight is 229 g/mol. The third-order valence-corrected chi connectivity index (χ3v) is 3.30. The Hall–Kier alpha value is -1.61. The molecule has 17 heavy (non-hydrogen) atoms. The van der Waals surface area contributed by atoms with E-state index in [-0.39, 0.29) is 12.2 Å². The van der Waals surface area contributed by atoms with E-state index in [1.165, 1.54) is 0 Å². The minimum absolute atomic E-state index is 0.0687. The Labute approximate surface area is 100 Å². The zero-order valence-electron chi connectivity index (χ0n) is 9.54. The largest absolute Gasteiger partial charge is 0.487 e. The molecule has 1 saturated carbocycles. The van der Waals surface area contributed by atoms with Crippen molar-refractivity contribution in [3.05, 3.63) is 36.5 Å². The van der Waals surface area contributed by atoms with E-state index in [0.717, 1.165) is 35.9 Å². The van der Waals surface area contributed by atoms with Gasteiger partial charge in [-0.3, -0.25) is 4.98 Å². The molecule has 3 rings (SSSR count). The molecular formula is C14H15NO2. The molecule has 0 saturated heterocycles. The molecule has 3 heteroatoms. The van der Waals surface area contributed by atoms with E-state index >= 15 is 0 Å². The van der Waals surface area contributed by atoms with Gasteiger partial charge in [-0.2, -0.15) is 0 Å². The van der Waals surface area contributed by atoms with E-state index in [9.17, 15) is 5.11 Å². The normalized spacial score (nSPS) is 24.1. The average Bonchev–Trinajstić information content (AvgIpc) is 2.76. The van der Waals surface area contributed by atoms with Crippen molar-refractivity contribution < 1.29 is 9.84 Å². The summed E-state index contributed by atoms with van der Waals surface area (Å²) in [5.41, 5.74) is 0.928. The predicted octanol–water partition coefficient (Wildman–Crippen LogP) is 2.53. The maximum Gasteiger partial charge on any atom is 0.129 e. The molecular weight excluding hydrogens is 214 g/mol. The van der Waals surface area contributed by atoms with E-state index in [0.29, 0.717) is 0 Å². The van der Waals surface area contributed by atoms with Crippen molar-refractivity contribution in [2.24, 2.45) is 0 Å². The van der Waals surface area contributed by atoms with Gasteiger partial charge in [0, 0.05) is 11.6 Å². The van der Waals surface area contributed by atoms with Crippen LogP contribution in [0.1, 0.15) is 19.3 Å². The van der Waals surface area contributed by atoms with Crippen LogP contribution in [0.5, 0.6) is 5.75 Å². The lowest BCUT2D eigenvalue weighted by atomic mass is 10.2. The third-order valence-electron chi connectivity index (χ3n) is 3.30. The van der Waals surface area contributed by atoms with Gasteiger partial charge in [0.05, 0.1) is 11.6 Å². The van der Waals surface area contributed by atoms with Gasteiger partial charge in [0.1, 0.15) is 11.9 Å². The number of ether oxygens (including phenoxy) is 1. The molecule has 3 nitrogen and oxygen atoms in total. The van der Waals surface area contributed by atoms with Crippen LogP contribution in [0.15, 0.2) is 36.5 Å². The van der Waals surface area contributed by atoms with Gasteiger partial charge >= 0.3 is 0 Å². The summed E-state index contributed by atoms with van der Waals surface area (Å²) in [6.45, 7) is 0. The van der Waals surface area contributed by atoms with Gasteiger partial charge in [-0.25, -0.2) is 0 Å². The number of benzene rings is 1. The molecule has 0 spiro atoms. The smallest absolute Gasteiger partial charge is 0.129 e. The summed E-state index contributed by atoms with van der Waals surface area (Å²) in [4.78, 5) is 4.29. The van der Waals surface area contributed by atoms with Crippen LogP contribution in [0.2, 0.25) is 0 Å². The minimum Gasteiger partial charge on any atom is -0.487 e. The molecule has 1 aliphatic carbocycles. The molecule has 0 aliphatic heterocycles. The van der Waals surface area contributed by atoms with Crippen molar-refractivity contribution in [1.82, 2.24) is 4.98 Å². The highest BCUT2D eigenvalue weighted by atomic mass is 16.5. The van der Waals surface area contributed by atoms with Gasteiger partial charge in [0.15, 0.2) is 0 Å². The van der Waals surface area contributed by atoms with Crippen molar-refractivity contribution in [2.45, 2.75) is 31.5 Å². The van der Waals surface area contributed by atoms with Crippen LogP contribution in [-0.2, 0) is 0 Å². The van der Waals surface area contributed by atoms with E-state index in [2.05, 4.69) is 4.98 Å². The summed E-state index contributed by atoms with van der Waals surface area (Å²) >= 11 is 0. The summed E-state index contributed by atoms with van der Waals surface area (Å²) in [5.74, 6) is 0.821. The van der Waals surface area contributed by atoms with Crippen molar-refractivity contribution in [3.8, 4) is 5.75 Å². The Morgan fingerprint density at radius 1 is 1.18 bits per heavy atom. The highest BCUT2D eigenvalue weighted by Crippen LogP contribution is 2.29. The lowest BCUT2D eigenvalue weighted by Gasteiger charge is -2.18. The van der Waals surface area contributed by atoms with E-state index in [1.54, 1.807) is 6.20 Å². The second-order valence-electron chi connectivity index (χ2n) is 4.48. The number of aromatic nitrogens is 1. The fourth-order valence-corrected chi connectivity index (χ4v) is 2.38. The first-order valence-electron chi connectivity index (χ1n) is 6.03. The molecule has 1 heterocycles. The third kappa shape index (κ3) is 1.98. The Balaban J connectivity index is 1.94. The summed E-state index contributed by atoms with van der Waals surface area (Å²) in [7, 11) is 0. The molecule has 88 valence electrons. The second kappa shape index (κ2) is 4.34. The number of nitrogens with zero attached hydrogens (tertiary/aromatic N) is 1. The quantitative estimate of drug-likeness (QED) is 0.860. The lowest BCUT2D eigenvalue weighted by molar-refractivity contribution is 0.0614. The van der Waals surface area contributed by atoms with E-state index in [1.807, 2.05) is 30.3 Å². The van der Waals surface area contributed by atoms with Crippen LogP contribution in [0.3, 0.4) is 0 Å². The summed E-state index contributed by atoms with van der Waals surface area (Å²) in [6, 6.07) is 9.74. The first-order valence-corrected chi connectivity index (χ1v) is 6.03. The van der Waals surface area contributed by atoms with E-state index in [4.69, 9.17) is 4.74 Å². The Morgan fingerprint density at radius 2 is 2.12 bits per heavy atom. The van der Waals surface area contributed by atoms with Crippen LogP contribution in [-0.4, -0.2) is 22.3 Å². The lowest BCUT2D eigenvalue weighted by Crippen LogP contribution is -2.25. The zero-order valence-corrected chi connectivity index (χ0v) is 9.54. The molecule has 0 radical (unpaired) electrons. The molecule has 1 aromatic heterocycles. The number of hydrogen-bond acceptors (Lipinski definition) is 3. The number of rotatable bonds is 2. The molecule has 0 amide bonds. The minimum atomic E-state index is -0.332. The molecule has 0 bridgehead atoms. The summed E-state index contributed by atoms with van der Waals surface area (Å²) in [5, 5.41) is 10.8. The summed E-state index contributed by atoms with van der Waals surface area (Å²) in [6.07, 6.45) is 4.18. The van der Waals surface area contributed by atoms with Crippen molar-refractivity contribution in [2.75, 3.05) is 0 Å². The Morgan fingerprint density at radius 3 is 2.94 bits per heavy atom. The molecule has 1 aromatic carbocycles. The second-order valence-corrected chi connectivity index (χ2v) is 4.48. The highest BCUT2D eigenvalue weighted by Gasteiger charge is 2.27. The predicted molar refractivity (Wildman–Crippen MR) is 66.0 cm³/mol. The van der Waals surface area contributed by atoms with Crippen molar-refractivity contribution in [3.63, 3.8) is 0 Å². The number of aliphatic hydroxyl groups is 1.